The molecule has 1 fully saturated rings. The number of carbonyl (C=O) groups excluding carboxylic acids is 2. The summed E-state index contributed by atoms with van der Waals surface area (Å²) in [6, 6.07) is 10.9. The van der Waals surface area contributed by atoms with Crippen molar-refractivity contribution in [3.63, 3.8) is 0 Å². The van der Waals surface area contributed by atoms with E-state index in [9.17, 15) is 9.59 Å². The fourth-order valence-corrected chi connectivity index (χ4v) is 3.28. The molecule has 2 aromatic rings. The molecule has 1 saturated heterocycles. The van der Waals surface area contributed by atoms with Gasteiger partial charge in [0.1, 0.15) is 0 Å². The van der Waals surface area contributed by atoms with E-state index in [4.69, 9.17) is 4.74 Å². The van der Waals surface area contributed by atoms with Gasteiger partial charge in [-0.3, -0.25) is 14.3 Å². The molecule has 1 amide bonds. The van der Waals surface area contributed by atoms with Crippen molar-refractivity contribution in [1.82, 2.24) is 14.7 Å². The van der Waals surface area contributed by atoms with Crippen LogP contribution in [0.4, 0.5) is 0 Å². The Bertz CT molecular complexity index is 700. The lowest BCUT2D eigenvalue weighted by molar-refractivity contribution is -0.151. The maximum Gasteiger partial charge on any atom is 0.310 e. The van der Waals surface area contributed by atoms with Crippen LogP contribution < -0.4 is 0 Å². The van der Waals surface area contributed by atoms with Crippen LogP contribution in [0.1, 0.15) is 31.4 Å². The molecule has 0 N–H and O–H groups in total. The molecule has 3 rings (SSSR count). The molecule has 0 aliphatic carbocycles. The average Bonchev–Trinajstić information content (AvgIpc) is 3.17. The molecule has 0 unspecified atom stereocenters. The summed E-state index contributed by atoms with van der Waals surface area (Å²) in [6.07, 6.45) is 5.03. The minimum absolute atomic E-state index is 0.0381. The van der Waals surface area contributed by atoms with E-state index in [0.717, 1.165) is 18.4 Å². The van der Waals surface area contributed by atoms with Gasteiger partial charge in [-0.15, -0.1) is 0 Å². The van der Waals surface area contributed by atoms with E-state index >= 15 is 0 Å². The average molecular weight is 341 g/mol. The number of benzene rings is 1. The Balaban J connectivity index is 1.82. The maximum absolute atomic E-state index is 13.2. The van der Waals surface area contributed by atoms with Crippen LogP contribution in [0.3, 0.4) is 0 Å². The van der Waals surface area contributed by atoms with Gasteiger partial charge < -0.3 is 9.64 Å². The van der Waals surface area contributed by atoms with Crippen LogP contribution >= 0.6 is 0 Å². The van der Waals surface area contributed by atoms with E-state index in [0.29, 0.717) is 19.7 Å². The first kappa shape index (κ1) is 17.2. The molecule has 1 aromatic heterocycles. The number of likely N-dealkylation sites (tertiary alicyclic amines) is 1. The van der Waals surface area contributed by atoms with Gasteiger partial charge in [-0.25, -0.2) is 0 Å². The van der Waals surface area contributed by atoms with Gasteiger partial charge in [0, 0.05) is 25.5 Å². The Hall–Kier alpha value is -2.63. The summed E-state index contributed by atoms with van der Waals surface area (Å²) < 4.78 is 6.80. The lowest BCUT2D eigenvalue weighted by Gasteiger charge is -2.34. The summed E-state index contributed by atoms with van der Waals surface area (Å²) >= 11 is 0. The Morgan fingerprint density at radius 2 is 2.08 bits per heavy atom. The van der Waals surface area contributed by atoms with Crippen LogP contribution in [0, 0.1) is 5.92 Å². The lowest BCUT2D eigenvalue weighted by atomic mass is 9.96. The normalized spacial score (nSPS) is 18.6. The highest BCUT2D eigenvalue weighted by Crippen LogP contribution is 2.25. The molecular formula is C19H23N3O3. The van der Waals surface area contributed by atoms with Crippen molar-refractivity contribution >= 4 is 11.9 Å². The molecule has 0 spiro atoms. The topological polar surface area (TPSA) is 64.4 Å². The predicted molar refractivity (Wildman–Crippen MR) is 92.7 cm³/mol. The van der Waals surface area contributed by atoms with Gasteiger partial charge in [0.05, 0.1) is 12.5 Å². The van der Waals surface area contributed by atoms with Crippen molar-refractivity contribution in [2.45, 2.75) is 25.8 Å². The molecule has 0 saturated carbocycles. The van der Waals surface area contributed by atoms with Gasteiger partial charge >= 0.3 is 5.97 Å². The van der Waals surface area contributed by atoms with Crippen LogP contribution in [0.15, 0.2) is 48.8 Å². The van der Waals surface area contributed by atoms with E-state index in [2.05, 4.69) is 5.10 Å². The second kappa shape index (κ2) is 7.96. The number of esters is 1. The quantitative estimate of drug-likeness (QED) is 0.783. The van der Waals surface area contributed by atoms with E-state index in [1.165, 1.54) is 0 Å². The lowest BCUT2D eigenvalue weighted by Crippen LogP contribution is -2.46. The van der Waals surface area contributed by atoms with Gasteiger partial charge in [-0.05, 0) is 31.4 Å². The van der Waals surface area contributed by atoms with Crippen molar-refractivity contribution < 1.29 is 14.3 Å². The van der Waals surface area contributed by atoms with Gasteiger partial charge in [-0.1, -0.05) is 30.3 Å². The highest BCUT2D eigenvalue weighted by atomic mass is 16.5. The smallest absolute Gasteiger partial charge is 0.310 e. The Morgan fingerprint density at radius 1 is 1.28 bits per heavy atom. The predicted octanol–water partition coefficient (Wildman–Crippen LogP) is 2.27. The van der Waals surface area contributed by atoms with Crippen molar-refractivity contribution in [3.8, 4) is 0 Å². The number of nitrogens with zero attached hydrogens (tertiary/aromatic N) is 3. The van der Waals surface area contributed by atoms with E-state index in [1.54, 1.807) is 35.0 Å². The van der Waals surface area contributed by atoms with E-state index in [1.807, 2.05) is 30.3 Å². The van der Waals surface area contributed by atoms with Crippen molar-refractivity contribution in [2.24, 2.45) is 5.92 Å². The fraction of sp³-hybridized carbons (Fsp3) is 0.421. The molecule has 2 atom stereocenters. The second-order valence-corrected chi connectivity index (χ2v) is 6.17. The Kier molecular flexibility index (Phi) is 5.48. The van der Waals surface area contributed by atoms with Gasteiger partial charge in [0.2, 0.25) is 0 Å². The number of ether oxygens (including phenoxy) is 1. The number of rotatable bonds is 5. The van der Waals surface area contributed by atoms with Crippen molar-refractivity contribution in [1.29, 1.82) is 0 Å². The highest BCUT2D eigenvalue weighted by Gasteiger charge is 2.34. The second-order valence-electron chi connectivity index (χ2n) is 6.17. The zero-order valence-electron chi connectivity index (χ0n) is 14.4. The first-order chi connectivity index (χ1) is 12.2. The monoisotopic (exact) mass is 341 g/mol. The molecule has 25 heavy (non-hydrogen) atoms. The van der Waals surface area contributed by atoms with Crippen LogP contribution in [0.5, 0.6) is 0 Å². The summed E-state index contributed by atoms with van der Waals surface area (Å²) in [5.41, 5.74) is 0.884. The number of hydrogen-bond donors (Lipinski definition) is 0. The van der Waals surface area contributed by atoms with Crippen LogP contribution in [-0.2, 0) is 14.3 Å². The minimum Gasteiger partial charge on any atom is -0.466 e. The molecular weight excluding hydrogens is 318 g/mol. The number of hydrogen-bond acceptors (Lipinski definition) is 4. The number of aromatic nitrogens is 2. The largest absolute Gasteiger partial charge is 0.466 e. The van der Waals surface area contributed by atoms with Gasteiger partial charge in [0.15, 0.2) is 6.04 Å². The number of carbonyl (C=O) groups is 2. The molecule has 6 heteroatoms. The third-order valence-electron chi connectivity index (χ3n) is 4.49. The summed E-state index contributed by atoms with van der Waals surface area (Å²) in [5.74, 6) is -0.494. The molecule has 1 aliphatic heterocycles. The zero-order valence-corrected chi connectivity index (χ0v) is 14.4. The fourth-order valence-electron chi connectivity index (χ4n) is 3.28. The maximum atomic E-state index is 13.2. The zero-order chi connectivity index (χ0) is 17.6. The SMILES string of the molecule is CCOC(=O)[C@@H]1CCCN(C(=O)[C@@H](c2ccccc2)n2cccn2)C1. The number of amides is 1. The third kappa shape index (κ3) is 3.90. The molecule has 6 nitrogen and oxygen atoms in total. The minimum atomic E-state index is -0.517. The molecule has 0 bridgehead atoms. The summed E-state index contributed by atoms with van der Waals surface area (Å²) in [7, 11) is 0. The molecule has 2 heterocycles. The van der Waals surface area contributed by atoms with E-state index < -0.39 is 6.04 Å². The van der Waals surface area contributed by atoms with Gasteiger partial charge in [-0.2, -0.15) is 5.10 Å². The Labute approximate surface area is 147 Å². The Morgan fingerprint density at radius 3 is 2.76 bits per heavy atom. The highest BCUT2D eigenvalue weighted by molar-refractivity contribution is 5.84. The molecule has 1 aliphatic rings. The number of piperidine rings is 1. The van der Waals surface area contributed by atoms with Gasteiger partial charge in [0.25, 0.3) is 5.91 Å². The first-order valence-corrected chi connectivity index (χ1v) is 8.70. The van der Waals surface area contributed by atoms with Crippen LogP contribution in [0.25, 0.3) is 0 Å². The van der Waals surface area contributed by atoms with Crippen LogP contribution in [-0.4, -0.2) is 46.3 Å². The van der Waals surface area contributed by atoms with Crippen molar-refractivity contribution in [3.05, 3.63) is 54.4 Å². The van der Waals surface area contributed by atoms with Crippen LogP contribution in [0.2, 0.25) is 0 Å². The molecule has 0 radical (unpaired) electrons. The summed E-state index contributed by atoms with van der Waals surface area (Å²) in [6.45, 7) is 3.22. The first-order valence-electron chi connectivity index (χ1n) is 8.70. The molecule has 1 aromatic carbocycles. The summed E-state index contributed by atoms with van der Waals surface area (Å²) in [5, 5.41) is 4.27. The molecule has 132 valence electrons. The third-order valence-corrected chi connectivity index (χ3v) is 4.49. The van der Waals surface area contributed by atoms with E-state index in [-0.39, 0.29) is 17.8 Å². The standard InChI is InChI=1S/C19H23N3O3/c1-2-25-19(24)16-10-6-12-21(14-16)18(23)17(22-13-7-11-20-22)15-8-4-3-5-9-15/h3-5,7-9,11,13,16-17H,2,6,10,12,14H2,1H3/t16-,17-/m1/s1. The summed E-state index contributed by atoms with van der Waals surface area (Å²) in [4.78, 5) is 27.1. The van der Waals surface area contributed by atoms with Crippen molar-refractivity contribution in [2.75, 3.05) is 19.7 Å².